The number of para-hydroxylation sites is 1. The molecular formula is C21H21F3N2O5. The standard InChI is InChI=1S/C21H21F3N2O5/c1-29-16-10-13(11-17(30-2)19(16)31-3)8-9-18(27)26-15-7-5-4-6-14(15)20(28)25-12-21(22,23)24/h4-11H,12H2,1-3H3,(H,25,28)(H,26,27)/b9-8+. The largest absolute Gasteiger partial charge is 0.493 e. The second-order valence-corrected chi connectivity index (χ2v) is 6.12. The first-order chi connectivity index (χ1) is 14.7. The van der Waals surface area contributed by atoms with Crippen LogP contribution < -0.4 is 24.8 Å². The molecule has 2 aromatic rings. The molecule has 0 fully saturated rings. The van der Waals surface area contributed by atoms with Crippen LogP contribution in [0.3, 0.4) is 0 Å². The number of methoxy groups -OCH3 is 3. The fraction of sp³-hybridized carbons (Fsp3) is 0.238. The molecule has 0 saturated carbocycles. The molecule has 0 atom stereocenters. The van der Waals surface area contributed by atoms with Gasteiger partial charge in [0.1, 0.15) is 6.54 Å². The third kappa shape index (κ3) is 6.66. The number of benzene rings is 2. The minimum Gasteiger partial charge on any atom is -0.493 e. The van der Waals surface area contributed by atoms with Crippen molar-refractivity contribution in [2.75, 3.05) is 33.2 Å². The van der Waals surface area contributed by atoms with Crippen molar-refractivity contribution < 1.29 is 37.0 Å². The number of alkyl halides is 3. The Balaban J connectivity index is 2.17. The van der Waals surface area contributed by atoms with E-state index in [1.54, 1.807) is 23.5 Å². The number of hydrogen-bond acceptors (Lipinski definition) is 5. The Morgan fingerprint density at radius 2 is 1.61 bits per heavy atom. The molecule has 0 unspecified atom stereocenters. The smallest absolute Gasteiger partial charge is 0.405 e. The molecule has 166 valence electrons. The van der Waals surface area contributed by atoms with E-state index in [-0.39, 0.29) is 11.3 Å². The van der Waals surface area contributed by atoms with Gasteiger partial charge in [0.05, 0.1) is 32.6 Å². The summed E-state index contributed by atoms with van der Waals surface area (Å²) < 4.78 is 52.7. The zero-order valence-corrected chi connectivity index (χ0v) is 17.0. The van der Waals surface area contributed by atoms with E-state index in [4.69, 9.17) is 14.2 Å². The van der Waals surface area contributed by atoms with Crippen molar-refractivity contribution in [3.8, 4) is 17.2 Å². The molecule has 0 heterocycles. The average Bonchev–Trinajstić information content (AvgIpc) is 2.75. The highest BCUT2D eigenvalue weighted by atomic mass is 19.4. The quantitative estimate of drug-likeness (QED) is 0.615. The molecule has 0 saturated heterocycles. The van der Waals surface area contributed by atoms with Gasteiger partial charge in [-0.15, -0.1) is 0 Å². The number of carbonyl (C=O) groups is 2. The molecular weight excluding hydrogens is 417 g/mol. The number of rotatable bonds is 8. The average molecular weight is 438 g/mol. The highest BCUT2D eigenvalue weighted by molar-refractivity contribution is 6.07. The van der Waals surface area contributed by atoms with E-state index in [1.165, 1.54) is 51.7 Å². The third-order valence-electron chi connectivity index (χ3n) is 3.99. The van der Waals surface area contributed by atoms with Crippen LogP contribution in [0.4, 0.5) is 18.9 Å². The Bertz CT molecular complexity index is 949. The zero-order chi connectivity index (χ0) is 23.0. The molecule has 0 radical (unpaired) electrons. The fourth-order valence-corrected chi connectivity index (χ4v) is 2.61. The maximum atomic E-state index is 12.3. The van der Waals surface area contributed by atoms with Crippen LogP contribution in [0.5, 0.6) is 17.2 Å². The van der Waals surface area contributed by atoms with E-state index in [1.807, 2.05) is 0 Å². The molecule has 0 aliphatic rings. The Morgan fingerprint density at radius 1 is 1.00 bits per heavy atom. The van der Waals surface area contributed by atoms with Crippen molar-refractivity contribution in [1.29, 1.82) is 0 Å². The van der Waals surface area contributed by atoms with Crippen molar-refractivity contribution in [3.05, 3.63) is 53.6 Å². The predicted octanol–water partition coefficient (Wildman–Crippen LogP) is 3.66. The van der Waals surface area contributed by atoms with E-state index in [0.717, 1.165) is 0 Å². The molecule has 2 amide bonds. The number of anilines is 1. The zero-order valence-electron chi connectivity index (χ0n) is 17.0. The lowest BCUT2D eigenvalue weighted by Crippen LogP contribution is -2.34. The van der Waals surface area contributed by atoms with Crippen molar-refractivity contribution in [1.82, 2.24) is 5.32 Å². The molecule has 31 heavy (non-hydrogen) atoms. The van der Waals surface area contributed by atoms with E-state index < -0.39 is 24.5 Å². The number of halogens is 3. The minimum atomic E-state index is -4.54. The lowest BCUT2D eigenvalue weighted by atomic mass is 10.1. The molecule has 0 aromatic heterocycles. The highest BCUT2D eigenvalue weighted by Gasteiger charge is 2.28. The molecule has 2 aromatic carbocycles. The van der Waals surface area contributed by atoms with Gasteiger partial charge in [-0.2, -0.15) is 13.2 Å². The summed E-state index contributed by atoms with van der Waals surface area (Å²) in [6, 6.07) is 8.99. The molecule has 0 aliphatic carbocycles. The van der Waals surface area contributed by atoms with Gasteiger partial charge in [0, 0.05) is 6.08 Å². The van der Waals surface area contributed by atoms with E-state index in [0.29, 0.717) is 22.8 Å². The van der Waals surface area contributed by atoms with Gasteiger partial charge in [-0.1, -0.05) is 12.1 Å². The molecule has 7 nitrogen and oxygen atoms in total. The predicted molar refractivity (Wildman–Crippen MR) is 109 cm³/mol. The van der Waals surface area contributed by atoms with Gasteiger partial charge in [-0.25, -0.2) is 0 Å². The van der Waals surface area contributed by atoms with Crippen molar-refractivity contribution in [3.63, 3.8) is 0 Å². The Kier molecular flexibility index (Phi) is 7.89. The van der Waals surface area contributed by atoms with Gasteiger partial charge in [0.2, 0.25) is 11.7 Å². The summed E-state index contributed by atoms with van der Waals surface area (Å²) in [5.41, 5.74) is 0.545. The number of amides is 2. The second kappa shape index (κ2) is 10.4. The number of carbonyl (C=O) groups excluding carboxylic acids is 2. The summed E-state index contributed by atoms with van der Waals surface area (Å²) in [7, 11) is 4.38. The maximum absolute atomic E-state index is 12.3. The number of nitrogens with one attached hydrogen (secondary N) is 2. The Labute approximate surface area is 176 Å². The molecule has 0 aliphatic heterocycles. The van der Waals surface area contributed by atoms with Gasteiger partial charge < -0.3 is 24.8 Å². The summed E-state index contributed by atoms with van der Waals surface area (Å²) in [5.74, 6) is -0.362. The normalized spacial score (nSPS) is 11.2. The van der Waals surface area contributed by atoms with Crippen LogP contribution >= 0.6 is 0 Å². The Hall–Kier alpha value is -3.69. The Morgan fingerprint density at radius 3 is 2.16 bits per heavy atom. The first kappa shape index (κ1) is 23.6. The van der Waals surface area contributed by atoms with Crippen molar-refractivity contribution in [2.24, 2.45) is 0 Å². The van der Waals surface area contributed by atoms with Gasteiger partial charge in [-0.05, 0) is 35.9 Å². The molecule has 0 spiro atoms. The SMILES string of the molecule is COc1cc(/C=C/C(=O)Nc2ccccc2C(=O)NCC(F)(F)F)cc(OC)c1OC. The topological polar surface area (TPSA) is 85.9 Å². The summed E-state index contributed by atoms with van der Waals surface area (Å²) in [6.07, 6.45) is -1.87. The van der Waals surface area contributed by atoms with Crippen LogP contribution in [0.2, 0.25) is 0 Å². The van der Waals surface area contributed by atoms with Gasteiger partial charge in [0.15, 0.2) is 11.5 Å². The molecule has 10 heteroatoms. The summed E-state index contributed by atoms with van der Waals surface area (Å²) >= 11 is 0. The minimum absolute atomic E-state index is 0.0710. The maximum Gasteiger partial charge on any atom is 0.405 e. The summed E-state index contributed by atoms with van der Waals surface area (Å²) in [6.45, 7) is -1.48. The van der Waals surface area contributed by atoms with Crippen molar-refractivity contribution in [2.45, 2.75) is 6.18 Å². The van der Waals surface area contributed by atoms with Gasteiger partial charge >= 0.3 is 6.18 Å². The molecule has 2 rings (SSSR count). The van der Waals surface area contributed by atoms with E-state index >= 15 is 0 Å². The van der Waals surface area contributed by atoms with Crippen molar-refractivity contribution >= 4 is 23.6 Å². The lowest BCUT2D eigenvalue weighted by Gasteiger charge is -2.13. The van der Waals surface area contributed by atoms with Gasteiger partial charge in [-0.3, -0.25) is 9.59 Å². The molecule has 0 bridgehead atoms. The number of ether oxygens (including phenoxy) is 3. The van der Waals surface area contributed by atoms with Crippen LogP contribution in [-0.2, 0) is 4.79 Å². The fourth-order valence-electron chi connectivity index (χ4n) is 2.61. The van der Waals surface area contributed by atoms with Crippen LogP contribution in [0, 0.1) is 0 Å². The summed E-state index contributed by atoms with van der Waals surface area (Å²) in [5, 5.41) is 4.26. The first-order valence-electron chi connectivity index (χ1n) is 8.91. The summed E-state index contributed by atoms with van der Waals surface area (Å²) in [4.78, 5) is 24.4. The number of hydrogen-bond donors (Lipinski definition) is 2. The van der Waals surface area contributed by atoms with E-state index in [9.17, 15) is 22.8 Å². The van der Waals surface area contributed by atoms with Gasteiger partial charge in [0.25, 0.3) is 5.91 Å². The highest BCUT2D eigenvalue weighted by Crippen LogP contribution is 2.38. The first-order valence-corrected chi connectivity index (χ1v) is 8.91. The van der Waals surface area contributed by atoms with Crippen LogP contribution in [0.15, 0.2) is 42.5 Å². The van der Waals surface area contributed by atoms with Crippen LogP contribution in [0.1, 0.15) is 15.9 Å². The monoisotopic (exact) mass is 438 g/mol. The second-order valence-electron chi connectivity index (χ2n) is 6.12. The lowest BCUT2D eigenvalue weighted by molar-refractivity contribution is -0.123. The van der Waals surface area contributed by atoms with E-state index in [2.05, 4.69) is 5.32 Å². The third-order valence-corrected chi connectivity index (χ3v) is 3.99. The van der Waals surface area contributed by atoms with Crippen LogP contribution in [-0.4, -0.2) is 45.9 Å². The molecule has 2 N–H and O–H groups in total. The van der Waals surface area contributed by atoms with Crippen LogP contribution in [0.25, 0.3) is 6.08 Å².